The maximum atomic E-state index is 12.9. The first kappa shape index (κ1) is 21.4. The third-order valence-corrected chi connectivity index (χ3v) is 6.09. The first-order valence-corrected chi connectivity index (χ1v) is 11.0. The lowest BCUT2D eigenvalue weighted by molar-refractivity contribution is -0.113. The molecule has 0 radical (unpaired) electrons. The van der Waals surface area contributed by atoms with Crippen LogP contribution in [0.1, 0.15) is 23.0 Å². The molecule has 3 aromatic rings. The molecule has 1 fully saturated rings. The number of furan rings is 1. The maximum Gasteiger partial charge on any atom is 0.339 e. The van der Waals surface area contributed by atoms with Crippen LogP contribution in [0.4, 0.5) is 5.69 Å². The molecule has 1 saturated heterocycles. The van der Waals surface area contributed by atoms with Gasteiger partial charge >= 0.3 is 5.97 Å². The van der Waals surface area contributed by atoms with Crippen molar-refractivity contribution in [2.45, 2.75) is 6.92 Å². The number of thioether (sulfide) groups is 1. The average molecular weight is 470 g/mol. The van der Waals surface area contributed by atoms with Gasteiger partial charge in [0.05, 0.1) is 27.8 Å². The Balaban J connectivity index is 1.59. The summed E-state index contributed by atoms with van der Waals surface area (Å²) in [6.07, 6.45) is 1.66. The van der Waals surface area contributed by atoms with Crippen LogP contribution in [0.3, 0.4) is 0 Å². The number of para-hydroxylation sites is 1. The second-order valence-corrected chi connectivity index (χ2v) is 8.55. The van der Waals surface area contributed by atoms with Crippen molar-refractivity contribution < 1.29 is 18.7 Å². The van der Waals surface area contributed by atoms with Gasteiger partial charge in [-0.1, -0.05) is 53.8 Å². The summed E-state index contributed by atoms with van der Waals surface area (Å²) in [7, 11) is 0. The van der Waals surface area contributed by atoms with Crippen molar-refractivity contribution in [1.82, 2.24) is 0 Å². The first-order chi connectivity index (χ1) is 15.0. The summed E-state index contributed by atoms with van der Waals surface area (Å²) in [4.78, 5) is 26.9. The monoisotopic (exact) mass is 469 g/mol. The van der Waals surface area contributed by atoms with Crippen molar-refractivity contribution in [3.05, 3.63) is 81.9 Å². The molecule has 156 valence electrons. The summed E-state index contributed by atoms with van der Waals surface area (Å²) >= 11 is 12.7. The summed E-state index contributed by atoms with van der Waals surface area (Å²) in [6.45, 7) is 1.99. The number of hydrogen-bond acceptors (Lipinski definition) is 6. The van der Waals surface area contributed by atoms with E-state index < -0.39 is 5.97 Å². The van der Waals surface area contributed by atoms with E-state index in [9.17, 15) is 9.59 Å². The van der Waals surface area contributed by atoms with E-state index in [2.05, 4.69) is 0 Å². The zero-order valence-electron chi connectivity index (χ0n) is 16.3. The summed E-state index contributed by atoms with van der Waals surface area (Å²) in [5.41, 5.74) is 1.66. The molecule has 31 heavy (non-hydrogen) atoms. The van der Waals surface area contributed by atoms with Crippen molar-refractivity contribution in [3.63, 3.8) is 0 Å². The van der Waals surface area contributed by atoms with Gasteiger partial charge < -0.3 is 9.15 Å². The van der Waals surface area contributed by atoms with E-state index in [1.807, 2.05) is 30.3 Å². The molecule has 0 spiro atoms. The minimum atomic E-state index is -0.495. The number of hydrogen-bond donors (Lipinski definition) is 0. The Morgan fingerprint density at radius 2 is 1.97 bits per heavy atom. The smallest absolute Gasteiger partial charge is 0.339 e. The summed E-state index contributed by atoms with van der Waals surface area (Å²) < 4.78 is 11.4. The van der Waals surface area contributed by atoms with Crippen LogP contribution in [0, 0.1) is 0 Å². The number of thiocarbonyl (C=S) groups is 1. The van der Waals surface area contributed by atoms with Gasteiger partial charge in [-0.05, 0) is 49.4 Å². The van der Waals surface area contributed by atoms with Gasteiger partial charge in [0.15, 0.2) is 4.32 Å². The molecule has 0 aliphatic carbocycles. The van der Waals surface area contributed by atoms with E-state index in [4.69, 9.17) is 33.0 Å². The van der Waals surface area contributed by atoms with Crippen LogP contribution in [0.15, 0.2) is 70.0 Å². The highest BCUT2D eigenvalue weighted by Crippen LogP contribution is 2.36. The van der Waals surface area contributed by atoms with Crippen molar-refractivity contribution in [2.24, 2.45) is 0 Å². The lowest BCUT2D eigenvalue weighted by Gasteiger charge is -2.13. The van der Waals surface area contributed by atoms with Crippen LogP contribution < -0.4 is 4.90 Å². The number of amides is 1. The zero-order chi connectivity index (χ0) is 22.0. The third kappa shape index (κ3) is 4.44. The highest BCUT2D eigenvalue weighted by molar-refractivity contribution is 8.27. The largest absolute Gasteiger partial charge is 0.462 e. The molecule has 5 nitrogen and oxygen atoms in total. The Morgan fingerprint density at radius 3 is 2.71 bits per heavy atom. The molecule has 2 heterocycles. The first-order valence-electron chi connectivity index (χ1n) is 9.38. The van der Waals surface area contributed by atoms with E-state index >= 15 is 0 Å². The molecular weight excluding hydrogens is 454 g/mol. The molecule has 1 aliphatic rings. The summed E-state index contributed by atoms with van der Waals surface area (Å²) in [5.74, 6) is 0.337. The number of esters is 1. The second-order valence-electron chi connectivity index (χ2n) is 6.47. The Labute approximate surface area is 193 Å². The fraction of sp³-hybridized carbons (Fsp3) is 0.0870. The van der Waals surface area contributed by atoms with Crippen LogP contribution in [-0.2, 0) is 9.53 Å². The number of carbonyl (C=O) groups excluding carboxylic acids is 2. The number of carbonyl (C=O) groups is 2. The normalized spacial score (nSPS) is 15.0. The van der Waals surface area contributed by atoms with Gasteiger partial charge in [0.1, 0.15) is 11.5 Å². The summed E-state index contributed by atoms with van der Waals surface area (Å²) in [5, 5.41) is 0.304. The van der Waals surface area contributed by atoms with Gasteiger partial charge in [0.2, 0.25) is 0 Å². The van der Waals surface area contributed by atoms with E-state index in [0.717, 1.165) is 5.69 Å². The molecule has 2 aromatic carbocycles. The maximum absolute atomic E-state index is 12.9. The Hall–Kier alpha value is -2.87. The summed E-state index contributed by atoms with van der Waals surface area (Å²) in [6, 6.07) is 17.8. The van der Waals surface area contributed by atoms with Crippen molar-refractivity contribution >= 4 is 63.5 Å². The number of anilines is 1. The van der Waals surface area contributed by atoms with Crippen LogP contribution in [-0.4, -0.2) is 22.8 Å². The van der Waals surface area contributed by atoms with E-state index in [1.54, 1.807) is 43.3 Å². The Morgan fingerprint density at radius 1 is 1.19 bits per heavy atom. The van der Waals surface area contributed by atoms with Gasteiger partial charge in [-0.3, -0.25) is 9.69 Å². The molecule has 8 heteroatoms. The topological polar surface area (TPSA) is 59.8 Å². The highest BCUT2D eigenvalue weighted by atomic mass is 35.5. The number of nitrogens with zero attached hydrogens (tertiary/aromatic N) is 1. The minimum Gasteiger partial charge on any atom is -0.462 e. The average Bonchev–Trinajstić information content (AvgIpc) is 3.33. The molecule has 1 aliphatic heterocycles. The molecule has 0 bridgehead atoms. The standard InChI is InChI=1S/C23H16ClNO4S2/c1-2-28-22(27)17-12-14(8-10-18(17)24)19-11-9-16(29-19)13-20-21(26)25(23(30)31-20)15-6-4-3-5-7-15/h3-13H,2H2,1H3/b20-13+. The molecule has 0 atom stereocenters. The van der Waals surface area contributed by atoms with Gasteiger partial charge in [0.25, 0.3) is 5.91 Å². The fourth-order valence-corrected chi connectivity index (χ4v) is 4.50. The van der Waals surface area contributed by atoms with Crippen LogP contribution in [0.2, 0.25) is 5.02 Å². The molecule has 0 unspecified atom stereocenters. The van der Waals surface area contributed by atoms with Crippen molar-refractivity contribution in [3.8, 4) is 11.3 Å². The lowest BCUT2D eigenvalue weighted by atomic mass is 10.1. The Kier molecular flexibility index (Phi) is 6.27. The highest BCUT2D eigenvalue weighted by Gasteiger charge is 2.33. The van der Waals surface area contributed by atoms with Crippen molar-refractivity contribution in [1.29, 1.82) is 0 Å². The van der Waals surface area contributed by atoms with Gasteiger partial charge in [-0.15, -0.1) is 0 Å². The van der Waals surface area contributed by atoms with Gasteiger partial charge in [0, 0.05) is 11.6 Å². The zero-order valence-corrected chi connectivity index (χ0v) is 18.7. The van der Waals surface area contributed by atoms with E-state index in [1.165, 1.54) is 16.7 Å². The van der Waals surface area contributed by atoms with E-state index in [-0.39, 0.29) is 18.1 Å². The molecule has 0 N–H and O–H groups in total. The second kappa shape index (κ2) is 9.09. The minimum absolute atomic E-state index is 0.199. The number of ether oxygens (including phenoxy) is 1. The molecule has 0 saturated carbocycles. The fourth-order valence-electron chi connectivity index (χ4n) is 3.03. The molecule has 1 aromatic heterocycles. The molecular formula is C23H16ClNO4S2. The number of benzene rings is 2. The lowest BCUT2D eigenvalue weighted by Crippen LogP contribution is -2.27. The van der Waals surface area contributed by atoms with Crippen LogP contribution >= 0.6 is 35.6 Å². The third-order valence-electron chi connectivity index (χ3n) is 4.45. The molecule has 4 rings (SSSR count). The van der Waals surface area contributed by atoms with Crippen LogP contribution in [0.5, 0.6) is 0 Å². The molecule has 1 amide bonds. The predicted molar refractivity (Wildman–Crippen MR) is 127 cm³/mol. The number of rotatable bonds is 5. The quantitative estimate of drug-likeness (QED) is 0.252. The number of halogens is 1. The Bertz CT molecular complexity index is 1200. The predicted octanol–water partition coefficient (Wildman–Crippen LogP) is 6.18. The van der Waals surface area contributed by atoms with Crippen molar-refractivity contribution in [2.75, 3.05) is 11.5 Å². The van der Waals surface area contributed by atoms with Gasteiger partial charge in [-0.2, -0.15) is 0 Å². The van der Waals surface area contributed by atoms with E-state index in [0.29, 0.717) is 31.3 Å². The van der Waals surface area contributed by atoms with Gasteiger partial charge in [-0.25, -0.2) is 4.79 Å². The van der Waals surface area contributed by atoms with Crippen LogP contribution in [0.25, 0.3) is 17.4 Å². The SMILES string of the molecule is CCOC(=O)c1cc(-c2ccc(/C=C3/SC(=S)N(c4ccccc4)C3=O)o2)ccc1Cl.